The summed E-state index contributed by atoms with van der Waals surface area (Å²) in [6.07, 6.45) is 1.94. The summed E-state index contributed by atoms with van der Waals surface area (Å²) in [5, 5.41) is 9.24. The second-order valence-electron chi connectivity index (χ2n) is 6.37. The number of carbonyl (C=O) groups is 2. The molecule has 0 heterocycles. The van der Waals surface area contributed by atoms with Crippen molar-refractivity contribution >= 4 is 11.9 Å². The van der Waals surface area contributed by atoms with Crippen molar-refractivity contribution in [2.45, 2.75) is 32.4 Å². The van der Waals surface area contributed by atoms with Crippen molar-refractivity contribution in [2.24, 2.45) is 0 Å². The van der Waals surface area contributed by atoms with Gasteiger partial charge in [-0.15, -0.1) is 0 Å². The van der Waals surface area contributed by atoms with Gasteiger partial charge in [-0.3, -0.25) is 4.79 Å². The first kappa shape index (κ1) is 17.0. The molecule has 0 atom stereocenters. The number of amides is 1. The zero-order chi connectivity index (χ0) is 18.0. The Morgan fingerprint density at radius 3 is 2.48 bits per heavy atom. The van der Waals surface area contributed by atoms with E-state index in [1.54, 1.807) is 26.2 Å². The lowest BCUT2D eigenvalue weighted by Crippen LogP contribution is -2.33. The highest BCUT2D eigenvalue weighted by Gasteiger charge is 2.33. The van der Waals surface area contributed by atoms with Gasteiger partial charge in [-0.25, -0.2) is 4.79 Å². The Morgan fingerprint density at radius 2 is 1.84 bits per heavy atom. The number of aryl methyl sites for hydroxylation is 1. The maximum atomic E-state index is 13.0. The zero-order valence-electron chi connectivity index (χ0n) is 14.4. The lowest BCUT2D eigenvalue weighted by molar-refractivity contribution is 0.0696. The average molecular weight is 339 g/mol. The van der Waals surface area contributed by atoms with E-state index in [2.05, 4.69) is 0 Å². The molecule has 1 amide bonds. The third-order valence-corrected chi connectivity index (χ3v) is 4.35. The maximum Gasteiger partial charge on any atom is 0.335 e. The van der Waals surface area contributed by atoms with Crippen LogP contribution in [0.3, 0.4) is 0 Å². The standard InChI is InChI=1S/C20H21NO4/c1-13-9-15(11-16(10-13)20(23)24)19(22)21(17-7-8-17)12-14-5-3-4-6-18(14)25-2/h3-6,9-11,17H,7-8,12H2,1-2H3,(H,23,24). The van der Waals surface area contributed by atoms with E-state index in [9.17, 15) is 14.7 Å². The molecule has 3 rings (SSSR count). The van der Waals surface area contributed by atoms with Crippen LogP contribution in [0.1, 0.15) is 44.7 Å². The molecule has 5 nitrogen and oxygen atoms in total. The molecule has 0 radical (unpaired) electrons. The van der Waals surface area contributed by atoms with Gasteiger partial charge in [0.25, 0.3) is 5.91 Å². The number of nitrogens with zero attached hydrogens (tertiary/aromatic N) is 1. The van der Waals surface area contributed by atoms with E-state index in [-0.39, 0.29) is 17.5 Å². The van der Waals surface area contributed by atoms with Crippen LogP contribution in [0.25, 0.3) is 0 Å². The number of ether oxygens (including phenoxy) is 1. The van der Waals surface area contributed by atoms with Crippen molar-refractivity contribution in [3.05, 3.63) is 64.7 Å². The second kappa shape index (κ2) is 6.97. The first-order valence-electron chi connectivity index (χ1n) is 8.27. The molecule has 0 bridgehead atoms. The molecule has 5 heteroatoms. The van der Waals surface area contributed by atoms with E-state index >= 15 is 0 Å². The fraction of sp³-hybridized carbons (Fsp3) is 0.300. The molecular formula is C20H21NO4. The van der Waals surface area contributed by atoms with Gasteiger partial charge in [0.2, 0.25) is 0 Å². The van der Waals surface area contributed by atoms with Crippen LogP contribution in [0.2, 0.25) is 0 Å². The summed E-state index contributed by atoms with van der Waals surface area (Å²) < 4.78 is 5.39. The first-order valence-corrected chi connectivity index (χ1v) is 8.27. The highest BCUT2D eigenvalue weighted by atomic mass is 16.5. The largest absolute Gasteiger partial charge is 0.496 e. The van der Waals surface area contributed by atoms with Crippen LogP contribution in [0.15, 0.2) is 42.5 Å². The van der Waals surface area contributed by atoms with Gasteiger partial charge in [0.05, 0.1) is 12.7 Å². The summed E-state index contributed by atoms with van der Waals surface area (Å²) in [6.45, 7) is 2.24. The van der Waals surface area contributed by atoms with E-state index in [0.717, 1.165) is 29.7 Å². The Labute approximate surface area is 146 Å². The number of benzene rings is 2. The highest BCUT2D eigenvalue weighted by molar-refractivity contribution is 5.98. The number of methoxy groups -OCH3 is 1. The van der Waals surface area contributed by atoms with Gasteiger partial charge in [0.1, 0.15) is 5.75 Å². The normalized spacial score (nSPS) is 13.4. The lowest BCUT2D eigenvalue weighted by atomic mass is 10.0. The Bertz CT molecular complexity index is 811. The number of hydrogen-bond acceptors (Lipinski definition) is 3. The molecule has 0 saturated heterocycles. The number of para-hydroxylation sites is 1. The van der Waals surface area contributed by atoms with Gasteiger partial charge < -0.3 is 14.7 Å². The summed E-state index contributed by atoms with van der Waals surface area (Å²) in [5.74, 6) is -0.420. The first-order chi connectivity index (χ1) is 12.0. The molecule has 0 aliphatic heterocycles. The van der Waals surface area contributed by atoms with Crippen molar-refractivity contribution in [3.8, 4) is 5.75 Å². The predicted molar refractivity (Wildman–Crippen MR) is 94.0 cm³/mol. The summed E-state index contributed by atoms with van der Waals surface area (Å²) in [7, 11) is 1.61. The zero-order valence-corrected chi connectivity index (χ0v) is 14.4. The van der Waals surface area contributed by atoms with Crippen LogP contribution < -0.4 is 4.74 Å². The van der Waals surface area contributed by atoms with Crippen molar-refractivity contribution < 1.29 is 19.4 Å². The van der Waals surface area contributed by atoms with Crippen LogP contribution in [-0.4, -0.2) is 35.0 Å². The van der Waals surface area contributed by atoms with Gasteiger partial charge in [-0.1, -0.05) is 18.2 Å². The Morgan fingerprint density at radius 1 is 1.16 bits per heavy atom. The van der Waals surface area contributed by atoms with Crippen molar-refractivity contribution in [3.63, 3.8) is 0 Å². The van der Waals surface area contributed by atoms with Crippen LogP contribution in [0, 0.1) is 6.92 Å². The van der Waals surface area contributed by atoms with Crippen LogP contribution in [-0.2, 0) is 6.54 Å². The van der Waals surface area contributed by atoms with Gasteiger partial charge in [-0.05, 0) is 49.6 Å². The topological polar surface area (TPSA) is 66.8 Å². The third-order valence-electron chi connectivity index (χ3n) is 4.35. The second-order valence-corrected chi connectivity index (χ2v) is 6.37. The smallest absolute Gasteiger partial charge is 0.335 e. The van der Waals surface area contributed by atoms with E-state index in [0.29, 0.717) is 12.1 Å². The number of rotatable bonds is 6. The van der Waals surface area contributed by atoms with Crippen molar-refractivity contribution in [1.29, 1.82) is 0 Å². The van der Waals surface area contributed by atoms with Gasteiger partial charge in [0, 0.05) is 23.7 Å². The van der Waals surface area contributed by atoms with E-state index < -0.39 is 5.97 Å². The fourth-order valence-electron chi connectivity index (χ4n) is 2.97. The minimum absolute atomic E-state index is 0.136. The lowest BCUT2D eigenvalue weighted by Gasteiger charge is -2.24. The molecular weight excluding hydrogens is 318 g/mol. The molecule has 1 aliphatic rings. The highest BCUT2D eigenvalue weighted by Crippen LogP contribution is 2.32. The predicted octanol–water partition coefficient (Wildman–Crippen LogP) is 3.51. The van der Waals surface area contributed by atoms with E-state index in [1.165, 1.54) is 6.07 Å². The van der Waals surface area contributed by atoms with Crippen LogP contribution >= 0.6 is 0 Å². The molecule has 1 fully saturated rings. The number of carboxylic acid groups (broad SMARTS) is 1. The molecule has 1 saturated carbocycles. The van der Waals surface area contributed by atoms with Crippen molar-refractivity contribution in [2.75, 3.05) is 7.11 Å². The summed E-state index contributed by atoms with van der Waals surface area (Å²) in [6, 6.07) is 12.6. The average Bonchev–Trinajstić information content (AvgIpc) is 3.43. The van der Waals surface area contributed by atoms with Gasteiger partial charge in [0.15, 0.2) is 0 Å². The number of carbonyl (C=O) groups excluding carboxylic acids is 1. The summed E-state index contributed by atoms with van der Waals surface area (Å²) >= 11 is 0. The van der Waals surface area contributed by atoms with Gasteiger partial charge >= 0.3 is 5.97 Å². The Balaban J connectivity index is 1.91. The Hall–Kier alpha value is -2.82. The molecule has 2 aromatic rings. The molecule has 0 aromatic heterocycles. The number of hydrogen-bond donors (Lipinski definition) is 1. The quantitative estimate of drug-likeness (QED) is 0.874. The summed E-state index contributed by atoms with van der Waals surface area (Å²) in [4.78, 5) is 26.1. The molecule has 25 heavy (non-hydrogen) atoms. The monoisotopic (exact) mass is 339 g/mol. The maximum absolute atomic E-state index is 13.0. The minimum Gasteiger partial charge on any atom is -0.496 e. The third kappa shape index (κ3) is 3.82. The van der Waals surface area contributed by atoms with Crippen molar-refractivity contribution in [1.82, 2.24) is 4.90 Å². The molecule has 130 valence electrons. The Kier molecular flexibility index (Phi) is 4.74. The number of aromatic carboxylic acids is 1. The molecule has 1 N–H and O–H groups in total. The molecule has 0 unspecified atom stereocenters. The molecule has 2 aromatic carbocycles. The van der Waals surface area contributed by atoms with E-state index in [1.807, 2.05) is 29.2 Å². The molecule has 1 aliphatic carbocycles. The van der Waals surface area contributed by atoms with Gasteiger partial charge in [-0.2, -0.15) is 0 Å². The van der Waals surface area contributed by atoms with E-state index in [4.69, 9.17) is 4.74 Å². The summed E-state index contributed by atoms with van der Waals surface area (Å²) in [5.41, 5.74) is 2.25. The molecule has 0 spiro atoms. The number of carboxylic acids is 1. The fourth-order valence-corrected chi connectivity index (χ4v) is 2.97. The van der Waals surface area contributed by atoms with Crippen LogP contribution in [0.5, 0.6) is 5.75 Å². The SMILES string of the molecule is COc1ccccc1CN(C(=O)c1cc(C)cc(C(=O)O)c1)C1CC1. The van der Waals surface area contributed by atoms with Crippen LogP contribution in [0.4, 0.5) is 0 Å². The minimum atomic E-state index is -1.03.